The van der Waals surface area contributed by atoms with E-state index in [1.807, 2.05) is 23.7 Å². The van der Waals surface area contributed by atoms with Crippen LogP contribution in [0.15, 0.2) is 30.5 Å². The topological polar surface area (TPSA) is 79.3 Å². The van der Waals surface area contributed by atoms with Gasteiger partial charge in [0.1, 0.15) is 11.5 Å². The van der Waals surface area contributed by atoms with E-state index in [4.69, 9.17) is 11.6 Å². The van der Waals surface area contributed by atoms with Crippen molar-refractivity contribution in [1.82, 2.24) is 19.8 Å². The summed E-state index contributed by atoms with van der Waals surface area (Å²) < 4.78 is 1.92. The second-order valence-corrected chi connectivity index (χ2v) is 7.11. The number of likely N-dealkylation sites (tertiary alicyclic amines) is 1. The predicted octanol–water partition coefficient (Wildman–Crippen LogP) is 2.60. The quantitative estimate of drug-likeness (QED) is 0.823. The van der Waals surface area contributed by atoms with Crippen LogP contribution in [-0.2, 0) is 11.8 Å². The number of hydrogen-bond donors (Lipinski definition) is 2. The van der Waals surface area contributed by atoms with Crippen LogP contribution in [0.4, 0.5) is 5.82 Å². The Labute approximate surface area is 163 Å². The molecule has 1 aliphatic rings. The molecular weight excluding hydrogens is 366 g/mol. The van der Waals surface area contributed by atoms with Gasteiger partial charge < -0.3 is 15.2 Å². The van der Waals surface area contributed by atoms with Crippen molar-refractivity contribution in [3.8, 4) is 0 Å². The maximum Gasteiger partial charge on any atom is 0.267 e. The van der Waals surface area contributed by atoms with Crippen molar-refractivity contribution in [2.75, 3.05) is 25.5 Å². The Morgan fingerprint density at radius 1 is 1.26 bits per heavy atom. The van der Waals surface area contributed by atoms with Crippen molar-refractivity contribution in [3.05, 3.63) is 46.9 Å². The fourth-order valence-electron chi connectivity index (χ4n) is 3.55. The third-order valence-corrected chi connectivity index (χ3v) is 5.14. The monoisotopic (exact) mass is 389 g/mol. The summed E-state index contributed by atoms with van der Waals surface area (Å²) in [6.45, 7) is 1.11. The Morgan fingerprint density at radius 3 is 2.78 bits per heavy atom. The Bertz CT molecular complexity index is 818. The number of carbonyl (C=O) groups excluding carboxylic acids is 2. The molecule has 0 saturated carbocycles. The van der Waals surface area contributed by atoms with Gasteiger partial charge in [-0.25, -0.2) is 4.98 Å². The van der Waals surface area contributed by atoms with Gasteiger partial charge in [-0.3, -0.25) is 14.5 Å². The molecule has 1 fully saturated rings. The molecule has 8 heteroatoms. The van der Waals surface area contributed by atoms with E-state index in [1.165, 1.54) is 6.20 Å². The Balaban J connectivity index is 1.72. The summed E-state index contributed by atoms with van der Waals surface area (Å²) in [6, 6.07) is 7.29. The Morgan fingerprint density at radius 2 is 2.07 bits per heavy atom. The number of pyridine rings is 1. The molecule has 0 spiro atoms. The van der Waals surface area contributed by atoms with Crippen LogP contribution < -0.4 is 10.6 Å². The molecule has 1 aliphatic heterocycles. The number of halogens is 1. The van der Waals surface area contributed by atoms with E-state index >= 15 is 0 Å². The van der Waals surface area contributed by atoms with Gasteiger partial charge >= 0.3 is 0 Å². The van der Waals surface area contributed by atoms with Crippen molar-refractivity contribution in [1.29, 1.82) is 0 Å². The third kappa shape index (κ3) is 4.48. The lowest BCUT2D eigenvalue weighted by Crippen LogP contribution is -2.40. The van der Waals surface area contributed by atoms with Crippen molar-refractivity contribution in [2.45, 2.75) is 25.3 Å². The van der Waals surface area contributed by atoms with Crippen LogP contribution in [-0.4, -0.2) is 46.4 Å². The smallest absolute Gasteiger partial charge is 0.267 e. The zero-order valence-corrected chi connectivity index (χ0v) is 16.3. The molecule has 0 aliphatic carbocycles. The SMILES string of the molecule is CNC(=O)c1ccc([C@H]2CCCCN2CC(=O)Nc2ccc(Cl)cn2)n1C. The van der Waals surface area contributed by atoms with Gasteiger partial charge in [0.25, 0.3) is 5.91 Å². The zero-order chi connectivity index (χ0) is 19.4. The van der Waals surface area contributed by atoms with E-state index in [1.54, 1.807) is 19.2 Å². The molecule has 1 saturated heterocycles. The summed E-state index contributed by atoms with van der Waals surface area (Å²) in [5.41, 5.74) is 1.67. The van der Waals surface area contributed by atoms with Gasteiger partial charge in [0.2, 0.25) is 5.91 Å². The maximum absolute atomic E-state index is 12.5. The first-order valence-corrected chi connectivity index (χ1v) is 9.40. The highest BCUT2D eigenvalue weighted by Gasteiger charge is 2.28. The average Bonchev–Trinajstić information content (AvgIpc) is 3.04. The molecule has 0 unspecified atom stereocenters. The van der Waals surface area contributed by atoms with E-state index in [9.17, 15) is 9.59 Å². The minimum atomic E-state index is -0.113. The van der Waals surface area contributed by atoms with Gasteiger partial charge in [-0.05, 0) is 43.7 Å². The summed E-state index contributed by atoms with van der Waals surface area (Å²) in [7, 11) is 3.52. The number of hydrogen-bond acceptors (Lipinski definition) is 4. The summed E-state index contributed by atoms with van der Waals surface area (Å²) >= 11 is 5.83. The molecule has 0 bridgehead atoms. The number of anilines is 1. The average molecular weight is 390 g/mol. The number of carbonyl (C=O) groups is 2. The molecule has 2 aromatic rings. The van der Waals surface area contributed by atoms with E-state index in [-0.39, 0.29) is 24.4 Å². The molecule has 1 atom stereocenters. The van der Waals surface area contributed by atoms with E-state index in [0.29, 0.717) is 16.5 Å². The van der Waals surface area contributed by atoms with Gasteiger partial charge in [0, 0.05) is 26.0 Å². The second-order valence-electron chi connectivity index (χ2n) is 6.67. The van der Waals surface area contributed by atoms with E-state index < -0.39 is 0 Å². The first kappa shape index (κ1) is 19.4. The van der Waals surface area contributed by atoms with Crippen molar-refractivity contribution >= 4 is 29.2 Å². The molecule has 7 nitrogen and oxygen atoms in total. The predicted molar refractivity (Wildman–Crippen MR) is 105 cm³/mol. The number of piperidine rings is 1. The third-order valence-electron chi connectivity index (χ3n) is 4.92. The highest BCUT2D eigenvalue weighted by Crippen LogP contribution is 2.31. The number of amides is 2. The summed E-state index contributed by atoms with van der Waals surface area (Å²) in [6.07, 6.45) is 4.61. The lowest BCUT2D eigenvalue weighted by molar-refractivity contribution is -0.118. The van der Waals surface area contributed by atoms with Crippen LogP contribution in [0, 0.1) is 0 Å². The fourth-order valence-corrected chi connectivity index (χ4v) is 3.66. The van der Waals surface area contributed by atoms with E-state index in [2.05, 4.69) is 20.5 Å². The second kappa shape index (κ2) is 8.54. The Hall–Kier alpha value is -2.38. The molecular formula is C19H24ClN5O2. The molecule has 0 radical (unpaired) electrons. The molecule has 3 heterocycles. The minimum absolute atomic E-state index is 0.103. The fraction of sp³-hybridized carbons (Fsp3) is 0.421. The maximum atomic E-state index is 12.5. The number of nitrogens with zero attached hydrogens (tertiary/aromatic N) is 3. The number of nitrogens with one attached hydrogen (secondary N) is 2. The van der Waals surface area contributed by atoms with Crippen molar-refractivity contribution in [2.24, 2.45) is 7.05 Å². The van der Waals surface area contributed by atoms with Gasteiger partial charge in [-0.15, -0.1) is 0 Å². The van der Waals surface area contributed by atoms with Crippen LogP contribution in [0.1, 0.15) is 41.5 Å². The minimum Gasteiger partial charge on any atom is -0.354 e. The summed E-state index contributed by atoms with van der Waals surface area (Å²) in [5, 5.41) is 6.00. The lowest BCUT2D eigenvalue weighted by Gasteiger charge is -2.35. The lowest BCUT2D eigenvalue weighted by atomic mass is 9.99. The summed E-state index contributed by atoms with van der Waals surface area (Å²) in [5.74, 6) is 0.258. The zero-order valence-electron chi connectivity index (χ0n) is 15.5. The molecule has 2 N–H and O–H groups in total. The van der Waals surface area contributed by atoms with Gasteiger partial charge in [0.15, 0.2) is 0 Å². The van der Waals surface area contributed by atoms with Crippen LogP contribution in [0.5, 0.6) is 0 Å². The molecule has 3 rings (SSSR count). The van der Waals surface area contributed by atoms with E-state index in [0.717, 1.165) is 31.5 Å². The molecule has 0 aromatic carbocycles. The molecule has 144 valence electrons. The molecule has 2 amide bonds. The van der Waals surface area contributed by atoms with Crippen LogP contribution >= 0.6 is 11.6 Å². The van der Waals surface area contributed by atoms with Crippen molar-refractivity contribution < 1.29 is 9.59 Å². The largest absolute Gasteiger partial charge is 0.354 e. The first-order valence-electron chi connectivity index (χ1n) is 9.02. The first-order chi connectivity index (χ1) is 13.0. The van der Waals surface area contributed by atoms with Gasteiger partial charge in [0.05, 0.1) is 17.6 Å². The standard InChI is InChI=1S/C19H24ClN5O2/c1-21-19(27)16-8-7-14(24(16)2)15-5-3-4-10-25(15)12-18(26)23-17-9-6-13(20)11-22-17/h6-9,11,15H,3-5,10,12H2,1-2H3,(H,21,27)(H,22,23,26)/t15-/m1/s1. The Kier molecular flexibility index (Phi) is 6.13. The normalized spacial score (nSPS) is 17.5. The number of rotatable bonds is 5. The highest BCUT2D eigenvalue weighted by molar-refractivity contribution is 6.30. The molecule has 27 heavy (non-hydrogen) atoms. The van der Waals surface area contributed by atoms with Gasteiger partial charge in [-0.1, -0.05) is 18.0 Å². The highest BCUT2D eigenvalue weighted by atomic mass is 35.5. The van der Waals surface area contributed by atoms with Crippen LogP contribution in [0.2, 0.25) is 5.02 Å². The van der Waals surface area contributed by atoms with Crippen LogP contribution in [0.3, 0.4) is 0 Å². The van der Waals surface area contributed by atoms with Crippen molar-refractivity contribution in [3.63, 3.8) is 0 Å². The summed E-state index contributed by atoms with van der Waals surface area (Å²) in [4.78, 5) is 30.7. The number of aromatic nitrogens is 2. The van der Waals surface area contributed by atoms with Crippen LogP contribution in [0.25, 0.3) is 0 Å². The molecule has 2 aromatic heterocycles. The van der Waals surface area contributed by atoms with Gasteiger partial charge in [-0.2, -0.15) is 0 Å².